The van der Waals surface area contributed by atoms with E-state index in [0.29, 0.717) is 10.2 Å². The van der Waals surface area contributed by atoms with Gasteiger partial charge in [-0.3, -0.25) is 0 Å². The molecule has 0 amide bonds. The Morgan fingerprint density at radius 1 is 1.15 bits per heavy atom. The van der Waals surface area contributed by atoms with Crippen molar-refractivity contribution < 1.29 is 26.9 Å². The van der Waals surface area contributed by atoms with Crippen molar-refractivity contribution in [2.24, 2.45) is 0 Å². The molecule has 1 aromatic carbocycles. The number of aromatic hydroxyl groups is 1. The van der Waals surface area contributed by atoms with E-state index >= 15 is 0 Å². The molecule has 1 radical (unpaired) electrons. The molecule has 0 aliphatic heterocycles. The molecule has 3 nitrogen and oxygen atoms in total. The molecule has 0 bridgehead atoms. The Morgan fingerprint density at radius 2 is 1.85 bits per heavy atom. The smallest absolute Gasteiger partial charge is 0.265 e. The first-order valence-electron chi connectivity index (χ1n) is 3.59. The second kappa shape index (κ2) is 3.64. The maximum absolute atomic E-state index is 11.2. The average molecular weight is 225 g/mol. The van der Waals surface area contributed by atoms with E-state index in [1.165, 1.54) is 12.3 Å². The first-order valence-corrected chi connectivity index (χ1v) is 3.59. The van der Waals surface area contributed by atoms with Crippen LogP contribution in [0.5, 0.6) is 5.75 Å². The monoisotopic (exact) mass is 224 g/mol. The van der Waals surface area contributed by atoms with Gasteiger partial charge in [-0.1, -0.05) is 6.07 Å². The van der Waals surface area contributed by atoms with Crippen LogP contribution in [0.4, 0.5) is 0 Å². The molecule has 1 heterocycles. The Balaban J connectivity index is 0.000000845. The van der Waals surface area contributed by atoms with Crippen LogP contribution in [0.3, 0.4) is 0 Å². The largest absolute Gasteiger partial charge is 0.618 e. The fourth-order valence-corrected chi connectivity index (χ4v) is 1.22. The number of fused-ring (bicyclic) bond motifs is 1. The zero-order chi connectivity index (χ0) is 8.55. The van der Waals surface area contributed by atoms with Crippen molar-refractivity contribution in [3.63, 3.8) is 0 Å². The van der Waals surface area contributed by atoms with Crippen molar-refractivity contribution in [3.8, 4) is 5.75 Å². The fraction of sp³-hybridized carbons (Fsp3) is 0. The van der Waals surface area contributed by atoms with Gasteiger partial charge in [0.05, 0.1) is 5.39 Å². The number of phenolic OH excluding ortho intramolecular Hbond substituents is 1. The van der Waals surface area contributed by atoms with E-state index in [1.807, 2.05) is 0 Å². The third kappa shape index (κ3) is 1.59. The van der Waals surface area contributed by atoms with Gasteiger partial charge in [-0.15, -0.1) is 0 Å². The van der Waals surface area contributed by atoms with Crippen molar-refractivity contribution >= 4 is 10.9 Å². The van der Waals surface area contributed by atoms with Crippen molar-refractivity contribution in [3.05, 3.63) is 41.7 Å². The minimum atomic E-state index is 0. The second-order valence-corrected chi connectivity index (χ2v) is 2.55. The van der Waals surface area contributed by atoms with Gasteiger partial charge < -0.3 is 10.3 Å². The predicted molar refractivity (Wildman–Crippen MR) is 44.6 cm³/mol. The average Bonchev–Trinajstić information content (AvgIpc) is 2.04. The summed E-state index contributed by atoms with van der Waals surface area (Å²) in [4.78, 5) is 0. The van der Waals surface area contributed by atoms with Crippen molar-refractivity contribution in [2.45, 2.75) is 0 Å². The van der Waals surface area contributed by atoms with Crippen molar-refractivity contribution in [1.29, 1.82) is 0 Å². The van der Waals surface area contributed by atoms with Crippen LogP contribution in [-0.4, -0.2) is 5.11 Å². The molecule has 0 spiro atoms. The zero-order valence-electron chi connectivity index (χ0n) is 6.57. The number of phenols is 1. The number of hydrogen-bond donors (Lipinski definition) is 1. The first kappa shape index (κ1) is 9.83. The summed E-state index contributed by atoms with van der Waals surface area (Å²) in [5.74, 6) is 0.0168. The minimum absolute atomic E-state index is 0. The van der Waals surface area contributed by atoms with Gasteiger partial charge in [-0.05, 0) is 18.2 Å². The van der Waals surface area contributed by atoms with Crippen LogP contribution in [0.1, 0.15) is 0 Å². The molecule has 0 unspecified atom stereocenters. The van der Waals surface area contributed by atoms with Crippen LogP contribution in [0.15, 0.2) is 36.5 Å². The van der Waals surface area contributed by atoms with Crippen molar-refractivity contribution in [1.82, 2.24) is 0 Å². The van der Waals surface area contributed by atoms with Gasteiger partial charge in [0.25, 0.3) is 5.52 Å². The van der Waals surface area contributed by atoms with Crippen LogP contribution in [-0.2, 0) is 17.1 Å². The molecule has 1 aromatic heterocycles. The van der Waals surface area contributed by atoms with Crippen LogP contribution in [0.25, 0.3) is 10.9 Å². The number of benzene rings is 1. The molecule has 0 atom stereocenters. The number of pyridine rings is 1. The molecule has 0 fully saturated rings. The first-order chi connectivity index (χ1) is 5.79. The molecule has 0 saturated carbocycles. The van der Waals surface area contributed by atoms with E-state index in [4.69, 9.17) is 0 Å². The predicted octanol–water partition coefficient (Wildman–Crippen LogP) is 1.18. The maximum Gasteiger partial charge on any atom is 0.265 e. The maximum atomic E-state index is 11.2. The Bertz CT molecular complexity index is 394. The fourth-order valence-electron chi connectivity index (χ4n) is 1.22. The van der Waals surface area contributed by atoms with E-state index < -0.39 is 0 Å². The van der Waals surface area contributed by atoms with Crippen LogP contribution < -0.4 is 4.73 Å². The van der Waals surface area contributed by atoms with E-state index in [2.05, 4.69) is 0 Å². The quantitative estimate of drug-likeness (QED) is 0.415. The summed E-state index contributed by atoms with van der Waals surface area (Å²) in [7, 11) is 0. The summed E-state index contributed by atoms with van der Waals surface area (Å²) in [6.07, 6.45) is 1.36. The van der Waals surface area contributed by atoms with Gasteiger partial charge in [-0.25, -0.2) is 0 Å². The molecule has 2 aromatic rings. The molecule has 71 valence electrons. The van der Waals surface area contributed by atoms with Crippen molar-refractivity contribution in [2.75, 3.05) is 0 Å². The molecular formula is C9H7CuNO2. The Labute approximate surface area is 85.7 Å². The number of nitrogens with zero attached hydrogens (tertiary/aromatic N) is 1. The van der Waals surface area contributed by atoms with E-state index in [-0.39, 0.29) is 22.8 Å². The number of hydrogen-bond acceptors (Lipinski definition) is 2. The molecule has 2 rings (SSSR count). The van der Waals surface area contributed by atoms with Gasteiger partial charge in [0, 0.05) is 23.1 Å². The summed E-state index contributed by atoms with van der Waals surface area (Å²) in [5.41, 5.74) is 0.319. The SMILES string of the molecule is [Cu].[O-][n+]1cccc2cccc(O)c21. The van der Waals surface area contributed by atoms with E-state index in [0.717, 1.165) is 5.39 Å². The van der Waals surface area contributed by atoms with Gasteiger partial charge in [0.15, 0.2) is 11.9 Å². The van der Waals surface area contributed by atoms with Crippen LogP contribution in [0.2, 0.25) is 0 Å². The summed E-state index contributed by atoms with van der Waals surface area (Å²) in [5, 5.41) is 21.2. The van der Waals surface area contributed by atoms with E-state index in [1.54, 1.807) is 24.3 Å². The zero-order valence-corrected chi connectivity index (χ0v) is 7.51. The molecule has 0 aliphatic rings. The van der Waals surface area contributed by atoms with Crippen LogP contribution in [0, 0.1) is 5.21 Å². The summed E-state index contributed by atoms with van der Waals surface area (Å²) >= 11 is 0. The van der Waals surface area contributed by atoms with Gasteiger partial charge in [-0.2, -0.15) is 4.73 Å². The number of para-hydroxylation sites is 1. The second-order valence-electron chi connectivity index (χ2n) is 2.55. The third-order valence-electron chi connectivity index (χ3n) is 1.76. The Morgan fingerprint density at radius 3 is 2.54 bits per heavy atom. The summed E-state index contributed by atoms with van der Waals surface area (Å²) in [6, 6.07) is 8.41. The topological polar surface area (TPSA) is 47.2 Å². The molecular weight excluding hydrogens is 218 g/mol. The Hall–Kier alpha value is -1.25. The minimum Gasteiger partial charge on any atom is -0.618 e. The molecule has 1 N–H and O–H groups in total. The van der Waals surface area contributed by atoms with E-state index in [9.17, 15) is 10.3 Å². The third-order valence-corrected chi connectivity index (χ3v) is 1.76. The van der Waals surface area contributed by atoms with Gasteiger partial charge in [0.1, 0.15) is 0 Å². The molecule has 4 heteroatoms. The number of aromatic nitrogens is 1. The molecule has 13 heavy (non-hydrogen) atoms. The molecule has 0 saturated heterocycles. The van der Waals surface area contributed by atoms with Gasteiger partial charge >= 0.3 is 0 Å². The standard InChI is InChI=1S/C9H7NO2.Cu/c11-8-5-1-3-7-4-2-6-10(12)9(7)8;/h1-6,11H;. The number of rotatable bonds is 0. The Kier molecular flexibility index (Phi) is 2.76. The normalized spacial score (nSPS) is 9.54. The summed E-state index contributed by atoms with van der Waals surface area (Å²) < 4.78 is 0.657. The summed E-state index contributed by atoms with van der Waals surface area (Å²) in [6.45, 7) is 0. The van der Waals surface area contributed by atoms with Crippen LogP contribution >= 0.6 is 0 Å². The molecule has 0 aliphatic carbocycles. The van der Waals surface area contributed by atoms with Gasteiger partial charge in [0.2, 0.25) is 0 Å².